The zero-order valence-electron chi connectivity index (χ0n) is 9.37. The van der Waals surface area contributed by atoms with Crippen LogP contribution in [0.3, 0.4) is 0 Å². The van der Waals surface area contributed by atoms with Crippen LogP contribution in [0, 0.1) is 23.7 Å². The first-order valence-corrected chi connectivity index (χ1v) is 6.87. The molecule has 0 spiro atoms. The van der Waals surface area contributed by atoms with Crippen LogP contribution in [0.5, 0.6) is 0 Å². The van der Waals surface area contributed by atoms with Crippen molar-refractivity contribution in [2.45, 2.75) is 0 Å². The standard InChI is InChI=1S/C16H8Br2/c17-15-11-5-3-9-13(15)7-1-2-8-14-10-4-6-12-16(14)18/h3-6,9-12H. The first-order valence-electron chi connectivity index (χ1n) is 5.28. The average Bonchev–Trinajstić information content (AvgIpc) is 2.38. The summed E-state index contributed by atoms with van der Waals surface area (Å²) in [6.07, 6.45) is 0. The van der Waals surface area contributed by atoms with Gasteiger partial charge in [-0.25, -0.2) is 0 Å². The lowest BCUT2D eigenvalue weighted by Gasteiger charge is -1.92. The molecule has 0 amide bonds. The maximum atomic E-state index is 3.45. The fraction of sp³-hybridized carbons (Fsp3) is 0. The third-order valence-electron chi connectivity index (χ3n) is 2.20. The maximum absolute atomic E-state index is 3.45. The van der Waals surface area contributed by atoms with E-state index in [2.05, 4.69) is 55.5 Å². The smallest absolute Gasteiger partial charge is 0.0397 e. The van der Waals surface area contributed by atoms with Crippen molar-refractivity contribution in [1.29, 1.82) is 0 Å². The van der Waals surface area contributed by atoms with Crippen molar-refractivity contribution in [1.82, 2.24) is 0 Å². The third kappa shape index (κ3) is 3.50. The molecule has 2 aromatic carbocycles. The minimum atomic E-state index is 0.943. The highest BCUT2D eigenvalue weighted by molar-refractivity contribution is 9.10. The van der Waals surface area contributed by atoms with Gasteiger partial charge in [-0.15, -0.1) is 0 Å². The van der Waals surface area contributed by atoms with Gasteiger partial charge in [-0.05, 0) is 68.0 Å². The van der Waals surface area contributed by atoms with Gasteiger partial charge < -0.3 is 0 Å². The van der Waals surface area contributed by atoms with E-state index in [0.717, 1.165) is 20.1 Å². The van der Waals surface area contributed by atoms with Crippen molar-refractivity contribution in [3.63, 3.8) is 0 Å². The lowest BCUT2D eigenvalue weighted by Crippen LogP contribution is -1.76. The fourth-order valence-corrected chi connectivity index (χ4v) is 2.09. The lowest BCUT2D eigenvalue weighted by molar-refractivity contribution is 1.59. The van der Waals surface area contributed by atoms with E-state index >= 15 is 0 Å². The van der Waals surface area contributed by atoms with Crippen molar-refractivity contribution in [3.05, 3.63) is 68.6 Å². The molecule has 2 rings (SSSR count). The van der Waals surface area contributed by atoms with Crippen LogP contribution in [0.15, 0.2) is 57.5 Å². The Labute approximate surface area is 124 Å². The zero-order chi connectivity index (χ0) is 12.8. The molecule has 0 bridgehead atoms. The molecule has 0 aromatic heterocycles. The van der Waals surface area contributed by atoms with Gasteiger partial charge in [0.05, 0.1) is 0 Å². The highest BCUT2D eigenvalue weighted by Gasteiger charge is 1.92. The third-order valence-corrected chi connectivity index (χ3v) is 3.59. The predicted octanol–water partition coefficient (Wildman–Crippen LogP) is 4.61. The summed E-state index contributed by atoms with van der Waals surface area (Å²) in [6, 6.07) is 15.7. The van der Waals surface area contributed by atoms with Gasteiger partial charge in [-0.1, -0.05) is 36.1 Å². The Morgan fingerprint density at radius 3 is 1.39 bits per heavy atom. The molecular formula is C16H8Br2. The summed E-state index contributed by atoms with van der Waals surface area (Å²) < 4.78 is 1.97. The molecule has 0 aliphatic heterocycles. The number of benzene rings is 2. The van der Waals surface area contributed by atoms with Crippen LogP contribution in [0.2, 0.25) is 0 Å². The van der Waals surface area contributed by atoms with Crippen LogP contribution in [-0.4, -0.2) is 0 Å². The molecule has 0 atom stereocenters. The van der Waals surface area contributed by atoms with Gasteiger partial charge in [0.2, 0.25) is 0 Å². The molecular weight excluding hydrogens is 352 g/mol. The van der Waals surface area contributed by atoms with Crippen LogP contribution >= 0.6 is 31.9 Å². The average molecular weight is 360 g/mol. The minimum absolute atomic E-state index is 0.943. The molecule has 18 heavy (non-hydrogen) atoms. The van der Waals surface area contributed by atoms with Crippen LogP contribution in [-0.2, 0) is 0 Å². The first kappa shape index (κ1) is 13.0. The van der Waals surface area contributed by atoms with Crippen LogP contribution in [0.4, 0.5) is 0 Å². The van der Waals surface area contributed by atoms with Gasteiger partial charge >= 0.3 is 0 Å². The monoisotopic (exact) mass is 358 g/mol. The highest BCUT2D eigenvalue weighted by atomic mass is 79.9. The molecule has 0 unspecified atom stereocenters. The number of hydrogen-bond donors (Lipinski definition) is 0. The molecule has 0 radical (unpaired) electrons. The Hall–Kier alpha value is -1.48. The Bertz CT molecular complexity index is 618. The second-order valence-electron chi connectivity index (χ2n) is 3.46. The number of rotatable bonds is 0. The van der Waals surface area contributed by atoms with Gasteiger partial charge in [0, 0.05) is 20.1 Å². The van der Waals surface area contributed by atoms with Crippen LogP contribution in [0.1, 0.15) is 11.1 Å². The molecule has 0 fully saturated rings. The molecule has 0 saturated heterocycles. The SMILES string of the molecule is Brc1ccccc1C#CC#Cc1ccccc1Br. The van der Waals surface area contributed by atoms with Crippen molar-refractivity contribution < 1.29 is 0 Å². The summed E-state index contributed by atoms with van der Waals surface area (Å²) in [5.41, 5.74) is 1.89. The predicted molar refractivity (Wildman–Crippen MR) is 82.0 cm³/mol. The van der Waals surface area contributed by atoms with Gasteiger partial charge in [0.25, 0.3) is 0 Å². The summed E-state index contributed by atoms with van der Waals surface area (Å²) in [7, 11) is 0. The summed E-state index contributed by atoms with van der Waals surface area (Å²) in [4.78, 5) is 0. The van der Waals surface area contributed by atoms with Crippen molar-refractivity contribution >= 4 is 31.9 Å². The van der Waals surface area contributed by atoms with E-state index in [1.54, 1.807) is 0 Å². The molecule has 86 valence electrons. The Balaban J connectivity index is 2.20. The van der Waals surface area contributed by atoms with Gasteiger partial charge in [-0.2, -0.15) is 0 Å². The van der Waals surface area contributed by atoms with E-state index < -0.39 is 0 Å². The van der Waals surface area contributed by atoms with E-state index in [9.17, 15) is 0 Å². The minimum Gasteiger partial charge on any atom is -0.0611 e. The summed E-state index contributed by atoms with van der Waals surface area (Å²) in [5.74, 6) is 11.7. The van der Waals surface area contributed by atoms with E-state index in [0.29, 0.717) is 0 Å². The van der Waals surface area contributed by atoms with E-state index in [1.807, 2.05) is 48.5 Å². The van der Waals surface area contributed by atoms with Gasteiger partial charge in [-0.3, -0.25) is 0 Å². The second kappa shape index (κ2) is 6.45. The largest absolute Gasteiger partial charge is 0.0611 e. The topological polar surface area (TPSA) is 0 Å². The molecule has 2 aromatic rings. The van der Waals surface area contributed by atoms with Crippen LogP contribution < -0.4 is 0 Å². The number of hydrogen-bond acceptors (Lipinski definition) is 0. The van der Waals surface area contributed by atoms with Crippen molar-refractivity contribution in [3.8, 4) is 23.7 Å². The zero-order valence-corrected chi connectivity index (χ0v) is 12.5. The lowest BCUT2D eigenvalue weighted by atomic mass is 10.2. The quantitative estimate of drug-likeness (QED) is 0.602. The Morgan fingerprint density at radius 2 is 1.00 bits per heavy atom. The van der Waals surface area contributed by atoms with Crippen molar-refractivity contribution in [2.75, 3.05) is 0 Å². The molecule has 0 nitrogen and oxygen atoms in total. The molecule has 0 N–H and O–H groups in total. The Morgan fingerprint density at radius 1 is 0.611 bits per heavy atom. The second-order valence-corrected chi connectivity index (χ2v) is 5.17. The Kier molecular flexibility index (Phi) is 4.65. The molecule has 0 heterocycles. The van der Waals surface area contributed by atoms with E-state index in [1.165, 1.54) is 0 Å². The molecule has 0 saturated carbocycles. The summed E-state index contributed by atoms with van der Waals surface area (Å²) >= 11 is 6.89. The molecule has 0 aliphatic rings. The van der Waals surface area contributed by atoms with Gasteiger partial charge in [0.1, 0.15) is 0 Å². The normalized spacial score (nSPS) is 8.78. The van der Waals surface area contributed by atoms with E-state index in [-0.39, 0.29) is 0 Å². The maximum Gasteiger partial charge on any atom is 0.0397 e. The van der Waals surface area contributed by atoms with Crippen molar-refractivity contribution in [2.24, 2.45) is 0 Å². The first-order chi connectivity index (χ1) is 8.77. The van der Waals surface area contributed by atoms with Gasteiger partial charge in [0.15, 0.2) is 0 Å². The van der Waals surface area contributed by atoms with E-state index in [4.69, 9.17) is 0 Å². The van der Waals surface area contributed by atoms with Crippen LogP contribution in [0.25, 0.3) is 0 Å². The molecule has 2 heteroatoms. The molecule has 0 aliphatic carbocycles. The number of halogens is 2. The summed E-state index contributed by atoms with van der Waals surface area (Å²) in [6.45, 7) is 0. The fourth-order valence-electron chi connectivity index (χ4n) is 1.32. The highest BCUT2D eigenvalue weighted by Crippen LogP contribution is 2.15. The summed E-state index contributed by atoms with van der Waals surface area (Å²) in [5, 5.41) is 0.